The Hall–Kier alpha value is -0.461. The van der Waals surface area contributed by atoms with E-state index in [-0.39, 0.29) is 17.1 Å². The molecular formula is C15H24CuO. The van der Waals surface area contributed by atoms with E-state index in [2.05, 4.69) is 6.92 Å². The van der Waals surface area contributed by atoms with Gasteiger partial charge < -0.3 is 5.11 Å². The number of benzene rings is 1. The molecule has 0 aliphatic rings. The standard InChI is InChI=1S/C15H24O.Cu/c1-2-3-4-5-6-7-8-11-14-12-9-10-13-15(14)16;/h9-10,12-13,16H,2-8,11H2,1H3;. The summed E-state index contributed by atoms with van der Waals surface area (Å²) in [6.45, 7) is 2.25. The van der Waals surface area contributed by atoms with Crippen LogP contribution in [0.4, 0.5) is 0 Å². The van der Waals surface area contributed by atoms with Crippen LogP contribution in [0, 0.1) is 0 Å². The fourth-order valence-electron chi connectivity index (χ4n) is 1.99. The van der Waals surface area contributed by atoms with Crippen molar-refractivity contribution in [2.75, 3.05) is 0 Å². The van der Waals surface area contributed by atoms with Gasteiger partial charge in [-0.2, -0.15) is 0 Å². The van der Waals surface area contributed by atoms with Gasteiger partial charge in [-0.15, -0.1) is 0 Å². The predicted molar refractivity (Wildman–Crippen MR) is 69.8 cm³/mol. The zero-order valence-electron chi connectivity index (χ0n) is 10.7. The summed E-state index contributed by atoms with van der Waals surface area (Å²) in [6, 6.07) is 7.67. The molecule has 1 radical (unpaired) electrons. The third kappa shape index (κ3) is 7.46. The van der Waals surface area contributed by atoms with Crippen LogP contribution in [0.2, 0.25) is 0 Å². The summed E-state index contributed by atoms with van der Waals surface area (Å²) in [6.07, 6.45) is 10.3. The minimum Gasteiger partial charge on any atom is -0.508 e. The number of hydrogen-bond donors (Lipinski definition) is 1. The molecule has 0 atom stereocenters. The van der Waals surface area contributed by atoms with Crippen molar-refractivity contribution in [2.45, 2.75) is 58.3 Å². The van der Waals surface area contributed by atoms with E-state index >= 15 is 0 Å². The van der Waals surface area contributed by atoms with Crippen LogP contribution in [-0.2, 0) is 23.5 Å². The quantitative estimate of drug-likeness (QED) is 0.542. The first-order chi connectivity index (χ1) is 7.84. The molecule has 0 spiro atoms. The van der Waals surface area contributed by atoms with E-state index in [1.807, 2.05) is 18.2 Å². The van der Waals surface area contributed by atoms with Crippen LogP contribution in [0.3, 0.4) is 0 Å². The van der Waals surface area contributed by atoms with Crippen molar-refractivity contribution in [2.24, 2.45) is 0 Å². The first-order valence-corrected chi connectivity index (χ1v) is 6.61. The Morgan fingerprint density at radius 3 is 2.12 bits per heavy atom. The maximum atomic E-state index is 9.58. The number of hydrogen-bond acceptors (Lipinski definition) is 1. The monoisotopic (exact) mass is 283 g/mol. The molecule has 0 unspecified atom stereocenters. The first-order valence-electron chi connectivity index (χ1n) is 6.61. The second-order valence-corrected chi connectivity index (χ2v) is 4.50. The Bertz CT molecular complexity index is 286. The molecule has 1 nitrogen and oxygen atoms in total. The smallest absolute Gasteiger partial charge is 0.118 e. The van der Waals surface area contributed by atoms with Crippen molar-refractivity contribution in [3.8, 4) is 5.75 Å². The summed E-state index contributed by atoms with van der Waals surface area (Å²) in [5.41, 5.74) is 1.09. The van der Waals surface area contributed by atoms with Gasteiger partial charge in [-0.3, -0.25) is 0 Å². The van der Waals surface area contributed by atoms with E-state index in [1.54, 1.807) is 6.07 Å². The minimum atomic E-state index is 0. The van der Waals surface area contributed by atoms with Gasteiger partial charge >= 0.3 is 0 Å². The molecular weight excluding hydrogens is 260 g/mol. The predicted octanol–water partition coefficient (Wildman–Crippen LogP) is 4.68. The van der Waals surface area contributed by atoms with Gasteiger partial charge in [0.25, 0.3) is 0 Å². The molecule has 2 heteroatoms. The number of phenols is 1. The molecule has 0 aromatic heterocycles. The molecule has 0 bridgehead atoms. The van der Waals surface area contributed by atoms with Crippen molar-refractivity contribution in [1.29, 1.82) is 0 Å². The van der Waals surface area contributed by atoms with E-state index in [0.29, 0.717) is 5.75 Å². The first kappa shape index (κ1) is 16.5. The normalized spacial score (nSPS) is 9.94. The fraction of sp³-hybridized carbons (Fsp3) is 0.600. The van der Waals surface area contributed by atoms with E-state index < -0.39 is 0 Å². The molecule has 0 saturated carbocycles. The van der Waals surface area contributed by atoms with E-state index in [1.165, 1.54) is 44.9 Å². The molecule has 1 N–H and O–H groups in total. The number of rotatable bonds is 8. The molecule has 0 fully saturated rings. The van der Waals surface area contributed by atoms with Crippen LogP contribution in [-0.4, -0.2) is 5.11 Å². The van der Waals surface area contributed by atoms with Crippen LogP contribution >= 0.6 is 0 Å². The average Bonchev–Trinajstić information content (AvgIpc) is 2.30. The van der Waals surface area contributed by atoms with Crippen LogP contribution < -0.4 is 0 Å². The van der Waals surface area contributed by atoms with E-state index in [4.69, 9.17) is 0 Å². The second-order valence-electron chi connectivity index (χ2n) is 4.50. The number of phenolic OH excluding ortho intramolecular Hbond substituents is 1. The molecule has 0 amide bonds. The molecule has 1 aromatic carbocycles. The Balaban J connectivity index is 0.00000256. The zero-order valence-corrected chi connectivity index (χ0v) is 11.7. The molecule has 101 valence electrons. The van der Waals surface area contributed by atoms with Crippen LogP contribution in [0.1, 0.15) is 57.4 Å². The minimum absolute atomic E-state index is 0. The van der Waals surface area contributed by atoms with Gasteiger partial charge in [0.1, 0.15) is 5.75 Å². The molecule has 0 aliphatic heterocycles. The second kappa shape index (κ2) is 10.7. The Labute approximate surface area is 116 Å². The fourth-order valence-corrected chi connectivity index (χ4v) is 1.99. The van der Waals surface area contributed by atoms with Crippen molar-refractivity contribution in [3.63, 3.8) is 0 Å². The van der Waals surface area contributed by atoms with Gasteiger partial charge in [-0.05, 0) is 24.5 Å². The van der Waals surface area contributed by atoms with Crippen LogP contribution in [0.5, 0.6) is 5.75 Å². The molecule has 0 saturated heterocycles. The zero-order chi connectivity index (χ0) is 11.6. The van der Waals surface area contributed by atoms with Crippen molar-refractivity contribution < 1.29 is 22.2 Å². The van der Waals surface area contributed by atoms with Crippen molar-refractivity contribution in [3.05, 3.63) is 29.8 Å². The van der Waals surface area contributed by atoms with Gasteiger partial charge in [0.05, 0.1) is 0 Å². The number of aryl methyl sites for hydroxylation is 1. The molecule has 1 aromatic rings. The number of aromatic hydroxyl groups is 1. The SMILES string of the molecule is CCCCCCCCCc1ccccc1O.[Cu]. The Morgan fingerprint density at radius 2 is 1.47 bits per heavy atom. The summed E-state index contributed by atoms with van der Waals surface area (Å²) in [5.74, 6) is 0.452. The van der Waals surface area contributed by atoms with Gasteiger partial charge in [-0.1, -0.05) is 63.6 Å². The largest absolute Gasteiger partial charge is 0.508 e. The Kier molecular flexibility index (Phi) is 10.4. The topological polar surface area (TPSA) is 20.2 Å². The average molecular weight is 284 g/mol. The van der Waals surface area contributed by atoms with Crippen LogP contribution in [0.15, 0.2) is 24.3 Å². The van der Waals surface area contributed by atoms with E-state index in [9.17, 15) is 5.11 Å². The summed E-state index contributed by atoms with van der Waals surface area (Å²) >= 11 is 0. The number of unbranched alkanes of at least 4 members (excludes halogenated alkanes) is 6. The molecule has 17 heavy (non-hydrogen) atoms. The van der Waals surface area contributed by atoms with Crippen LogP contribution in [0.25, 0.3) is 0 Å². The third-order valence-corrected chi connectivity index (χ3v) is 3.04. The van der Waals surface area contributed by atoms with E-state index in [0.717, 1.165) is 12.0 Å². The Morgan fingerprint density at radius 1 is 0.882 bits per heavy atom. The third-order valence-electron chi connectivity index (χ3n) is 3.04. The summed E-state index contributed by atoms with van der Waals surface area (Å²) < 4.78 is 0. The summed E-state index contributed by atoms with van der Waals surface area (Å²) in [5, 5.41) is 9.58. The molecule has 0 heterocycles. The van der Waals surface area contributed by atoms with Gasteiger partial charge in [0.15, 0.2) is 0 Å². The van der Waals surface area contributed by atoms with Crippen molar-refractivity contribution in [1.82, 2.24) is 0 Å². The van der Waals surface area contributed by atoms with Gasteiger partial charge in [0.2, 0.25) is 0 Å². The molecule has 1 rings (SSSR count). The maximum absolute atomic E-state index is 9.58. The summed E-state index contributed by atoms with van der Waals surface area (Å²) in [7, 11) is 0. The number of para-hydroxylation sites is 1. The molecule has 0 aliphatic carbocycles. The maximum Gasteiger partial charge on any atom is 0.118 e. The van der Waals surface area contributed by atoms with Crippen molar-refractivity contribution >= 4 is 0 Å². The van der Waals surface area contributed by atoms with Gasteiger partial charge in [0, 0.05) is 17.1 Å². The van der Waals surface area contributed by atoms with Gasteiger partial charge in [-0.25, -0.2) is 0 Å². The summed E-state index contributed by atoms with van der Waals surface area (Å²) in [4.78, 5) is 0.